The van der Waals surface area contributed by atoms with Crippen LogP contribution < -0.4 is 29.6 Å². The second-order valence-electron chi connectivity index (χ2n) is 2.36. The molecule has 0 aromatic carbocycles. The van der Waals surface area contributed by atoms with Crippen LogP contribution in [0.3, 0.4) is 0 Å². The normalized spacial score (nSPS) is 20.3. The van der Waals surface area contributed by atoms with Crippen molar-refractivity contribution in [1.29, 1.82) is 0 Å². The third kappa shape index (κ3) is 4.18. The zero-order valence-corrected chi connectivity index (χ0v) is 10.8. The van der Waals surface area contributed by atoms with E-state index in [1.165, 1.54) is 0 Å². The molecule has 0 saturated carbocycles. The topological polar surface area (TPSA) is 57.2 Å². The Balaban J connectivity index is 0. The molecule has 0 heterocycles. The average Bonchev–Trinajstić information content (AvgIpc) is 1.77. The average molecular weight is 312 g/mol. The third-order valence-corrected chi connectivity index (χ3v) is 3.09. The first-order chi connectivity index (χ1) is 5.89. The van der Waals surface area contributed by atoms with Gasteiger partial charge in [-0.2, -0.15) is 8.78 Å². The zero-order valence-electron chi connectivity index (χ0n) is 7.14. The Morgan fingerprint density at radius 1 is 1.06 bits per heavy atom. The minimum atomic E-state index is -11.4. The molecule has 0 fully saturated rings. The smallest absolute Gasteiger partial charge is 0.743 e. The van der Waals surface area contributed by atoms with Crippen molar-refractivity contribution in [2.75, 3.05) is 0 Å². The molecule has 96 valence electrons. The Kier molecular flexibility index (Phi) is 4.29. The van der Waals surface area contributed by atoms with Crippen LogP contribution in [0.1, 0.15) is 0 Å². The summed E-state index contributed by atoms with van der Waals surface area (Å²) < 4.78 is 121. The van der Waals surface area contributed by atoms with Crippen molar-refractivity contribution < 1.29 is 75.1 Å². The number of hydrogen-bond donors (Lipinski definition) is 0. The molecule has 0 aromatic rings. The minimum absolute atomic E-state index is 0. The van der Waals surface area contributed by atoms with Gasteiger partial charge in [-0.3, -0.25) is 0 Å². The third-order valence-electron chi connectivity index (χ3n) is 0.989. The van der Waals surface area contributed by atoms with Crippen LogP contribution in [0.5, 0.6) is 0 Å². The molecule has 14 heteroatoms. The van der Waals surface area contributed by atoms with Crippen molar-refractivity contribution in [2.24, 2.45) is 0 Å². The van der Waals surface area contributed by atoms with Crippen LogP contribution in [0, 0.1) is 0 Å². The summed E-state index contributed by atoms with van der Waals surface area (Å²) in [7, 11) is -18.6. The molecule has 0 aliphatic rings. The first-order valence-corrected chi connectivity index (χ1v) is 6.02. The van der Waals surface area contributed by atoms with Crippen LogP contribution in [0.2, 0.25) is 0 Å². The van der Waals surface area contributed by atoms with E-state index in [2.05, 4.69) is 0 Å². The van der Waals surface area contributed by atoms with Gasteiger partial charge in [-0.15, -0.1) is 0 Å². The van der Waals surface area contributed by atoms with E-state index in [0.717, 1.165) is 0 Å². The standard InChI is InChI=1S/C2H2F8O3S2.Na/c3-1(15(6,7,8,9)10)2(4,5)14(11,12)13;/h1H,(H,11,12,13);/q;+1/p-1. The molecule has 0 N–H and O–H groups in total. The van der Waals surface area contributed by atoms with Gasteiger partial charge in [0, 0.05) is 0 Å². The van der Waals surface area contributed by atoms with Crippen molar-refractivity contribution in [3.8, 4) is 0 Å². The van der Waals surface area contributed by atoms with Crippen molar-refractivity contribution in [3.63, 3.8) is 0 Å². The monoisotopic (exact) mass is 312 g/mol. The van der Waals surface area contributed by atoms with E-state index in [1.54, 1.807) is 0 Å². The van der Waals surface area contributed by atoms with Crippen molar-refractivity contribution >= 4 is 20.3 Å². The van der Waals surface area contributed by atoms with E-state index in [1.807, 2.05) is 0 Å². The zero-order chi connectivity index (χ0) is 13.0. The maximum atomic E-state index is 11.9. The predicted molar refractivity (Wildman–Crippen MR) is 32.7 cm³/mol. The van der Waals surface area contributed by atoms with Crippen molar-refractivity contribution in [2.45, 2.75) is 10.8 Å². The molecule has 0 aromatic heterocycles. The largest absolute Gasteiger partial charge is 1.00 e. The Bertz CT molecular complexity index is 369. The first-order valence-electron chi connectivity index (χ1n) is 2.60. The Labute approximate surface area is 106 Å². The van der Waals surface area contributed by atoms with Crippen molar-refractivity contribution in [3.05, 3.63) is 0 Å². The van der Waals surface area contributed by atoms with E-state index in [4.69, 9.17) is 0 Å². The SMILES string of the molecule is O=S(=O)([O-])C(F)(F)C(F)S(F)(F)(F)(F)F.[Na+]. The van der Waals surface area contributed by atoms with E-state index >= 15 is 0 Å². The van der Waals surface area contributed by atoms with E-state index in [-0.39, 0.29) is 29.6 Å². The number of halogens is 8. The molecule has 0 aliphatic heterocycles. The summed E-state index contributed by atoms with van der Waals surface area (Å²) in [4.78, 5) is 0. The first kappa shape index (κ1) is 19.0. The fourth-order valence-corrected chi connectivity index (χ4v) is 2.02. The maximum Gasteiger partial charge on any atom is 1.00 e. The molecular formula is C2HF8NaO3S2. The van der Waals surface area contributed by atoms with Gasteiger partial charge >= 0.3 is 50.5 Å². The molecule has 0 spiro atoms. The molecule has 0 aliphatic carbocycles. The van der Waals surface area contributed by atoms with Crippen LogP contribution in [0.4, 0.5) is 32.6 Å². The number of rotatable bonds is 3. The summed E-state index contributed by atoms with van der Waals surface area (Å²) >= 11 is 0. The molecule has 0 radical (unpaired) electrons. The summed E-state index contributed by atoms with van der Waals surface area (Å²) in [6, 6.07) is 0. The maximum absolute atomic E-state index is 11.9. The van der Waals surface area contributed by atoms with Gasteiger partial charge in [0.15, 0.2) is 10.1 Å². The van der Waals surface area contributed by atoms with Crippen LogP contribution in [-0.2, 0) is 10.1 Å². The van der Waals surface area contributed by atoms with E-state index in [9.17, 15) is 45.6 Å². The predicted octanol–water partition coefficient (Wildman–Crippen LogP) is -0.278. The van der Waals surface area contributed by atoms with Crippen LogP contribution >= 0.6 is 10.2 Å². The second kappa shape index (κ2) is 3.60. The quantitative estimate of drug-likeness (QED) is 0.409. The molecule has 1 unspecified atom stereocenters. The molecular weight excluding hydrogens is 311 g/mol. The summed E-state index contributed by atoms with van der Waals surface area (Å²) in [5.41, 5.74) is -6.33. The summed E-state index contributed by atoms with van der Waals surface area (Å²) in [5, 5.41) is -6.77. The van der Waals surface area contributed by atoms with Gasteiger partial charge in [-0.1, -0.05) is 19.4 Å². The summed E-state index contributed by atoms with van der Waals surface area (Å²) in [6.45, 7) is 0. The van der Waals surface area contributed by atoms with E-state index < -0.39 is 31.1 Å². The van der Waals surface area contributed by atoms with Gasteiger partial charge in [-0.25, -0.2) is 12.8 Å². The van der Waals surface area contributed by atoms with Gasteiger partial charge in [0.25, 0.3) is 0 Å². The van der Waals surface area contributed by atoms with Crippen LogP contribution in [-0.4, -0.2) is 23.7 Å². The Morgan fingerprint density at radius 2 is 1.31 bits per heavy atom. The van der Waals surface area contributed by atoms with E-state index in [0.29, 0.717) is 0 Å². The van der Waals surface area contributed by atoms with Gasteiger partial charge in [-0.05, 0) is 0 Å². The molecule has 1 atom stereocenters. The van der Waals surface area contributed by atoms with Gasteiger partial charge in [0.2, 0.25) is 0 Å². The van der Waals surface area contributed by atoms with Crippen LogP contribution in [0.15, 0.2) is 0 Å². The molecule has 0 rings (SSSR count). The molecule has 0 saturated heterocycles. The van der Waals surface area contributed by atoms with Gasteiger partial charge in [0.1, 0.15) is 0 Å². The second-order valence-corrected chi connectivity index (χ2v) is 6.28. The Morgan fingerprint density at radius 3 is 1.38 bits per heavy atom. The van der Waals surface area contributed by atoms with Gasteiger partial charge in [0.05, 0.1) is 0 Å². The fourth-order valence-electron chi connectivity index (χ4n) is 0.373. The summed E-state index contributed by atoms with van der Waals surface area (Å²) in [6.07, 6.45) is 0. The molecule has 0 amide bonds. The molecule has 0 bridgehead atoms. The molecule has 3 nitrogen and oxygen atoms in total. The molecule has 16 heavy (non-hydrogen) atoms. The van der Waals surface area contributed by atoms with Gasteiger partial charge < -0.3 is 4.55 Å². The summed E-state index contributed by atoms with van der Waals surface area (Å²) in [5.74, 6) is 0. The van der Waals surface area contributed by atoms with Crippen LogP contribution in [0.25, 0.3) is 0 Å². The minimum Gasteiger partial charge on any atom is -0.743 e. The Hall–Kier alpha value is 0.700. The number of hydrogen-bond acceptors (Lipinski definition) is 3. The fraction of sp³-hybridized carbons (Fsp3) is 1.00. The van der Waals surface area contributed by atoms with Crippen molar-refractivity contribution in [1.82, 2.24) is 0 Å². The number of alkyl halides is 3.